The van der Waals surface area contributed by atoms with Crippen LogP contribution in [0.5, 0.6) is 0 Å². The molecule has 0 amide bonds. The van der Waals surface area contributed by atoms with Crippen molar-refractivity contribution in [1.82, 2.24) is 20.3 Å². The predicted octanol–water partition coefficient (Wildman–Crippen LogP) is 2.13. The lowest BCUT2D eigenvalue weighted by atomic mass is 10.1. The lowest BCUT2D eigenvalue weighted by Gasteiger charge is -2.08. The highest BCUT2D eigenvalue weighted by Crippen LogP contribution is 2.18. The topological polar surface area (TPSA) is 50.7 Å². The summed E-state index contributed by atoms with van der Waals surface area (Å²) in [6, 6.07) is 6.02. The van der Waals surface area contributed by atoms with Crippen molar-refractivity contribution in [1.29, 1.82) is 0 Å². The first-order chi connectivity index (χ1) is 8.74. The Morgan fingerprint density at radius 1 is 1.28 bits per heavy atom. The van der Waals surface area contributed by atoms with E-state index in [1.54, 1.807) is 6.20 Å². The molecule has 4 heteroatoms. The zero-order valence-corrected chi connectivity index (χ0v) is 11.1. The van der Waals surface area contributed by atoms with Crippen molar-refractivity contribution >= 4 is 0 Å². The normalized spacial score (nSPS) is 10.6. The van der Waals surface area contributed by atoms with Gasteiger partial charge in [-0.05, 0) is 38.1 Å². The molecule has 0 saturated carbocycles. The molecule has 18 heavy (non-hydrogen) atoms. The van der Waals surface area contributed by atoms with Crippen molar-refractivity contribution < 1.29 is 0 Å². The van der Waals surface area contributed by atoms with E-state index in [2.05, 4.69) is 33.3 Å². The van der Waals surface area contributed by atoms with E-state index in [0.29, 0.717) is 0 Å². The summed E-state index contributed by atoms with van der Waals surface area (Å²) in [5.41, 5.74) is 4.03. The molecule has 0 aliphatic rings. The lowest BCUT2D eigenvalue weighted by molar-refractivity contribution is 0.784. The molecule has 1 N–H and O–H groups in total. The van der Waals surface area contributed by atoms with Gasteiger partial charge in [-0.3, -0.25) is 4.98 Å². The highest BCUT2D eigenvalue weighted by molar-refractivity contribution is 5.54. The molecule has 0 spiro atoms. The van der Waals surface area contributed by atoms with Gasteiger partial charge in [0.15, 0.2) is 5.82 Å². The Balaban J connectivity index is 2.49. The van der Waals surface area contributed by atoms with Gasteiger partial charge in [0.05, 0.1) is 5.69 Å². The van der Waals surface area contributed by atoms with E-state index in [4.69, 9.17) is 0 Å². The molecule has 0 fully saturated rings. The van der Waals surface area contributed by atoms with Gasteiger partial charge in [0, 0.05) is 18.4 Å². The summed E-state index contributed by atoms with van der Waals surface area (Å²) >= 11 is 0. The van der Waals surface area contributed by atoms with Crippen LogP contribution in [0, 0.1) is 6.92 Å². The Labute approximate surface area is 108 Å². The number of hydrogen-bond acceptors (Lipinski definition) is 4. The van der Waals surface area contributed by atoms with Crippen LogP contribution in [0.15, 0.2) is 24.4 Å². The molecule has 0 atom stereocenters. The number of pyridine rings is 1. The first-order valence-electron chi connectivity index (χ1n) is 6.18. The smallest absolute Gasteiger partial charge is 0.178 e. The minimum Gasteiger partial charge on any atom is -0.314 e. The van der Waals surface area contributed by atoms with E-state index >= 15 is 0 Å². The fraction of sp³-hybridized carbons (Fsp3) is 0.357. The molecule has 0 unspecified atom stereocenters. The third kappa shape index (κ3) is 2.71. The molecule has 0 saturated heterocycles. The van der Waals surface area contributed by atoms with Gasteiger partial charge in [-0.2, -0.15) is 0 Å². The number of aryl methyl sites for hydroxylation is 2. The van der Waals surface area contributed by atoms with E-state index in [9.17, 15) is 0 Å². The largest absolute Gasteiger partial charge is 0.314 e. The molecule has 0 aromatic carbocycles. The fourth-order valence-electron chi connectivity index (χ4n) is 1.94. The van der Waals surface area contributed by atoms with Crippen LogP contribution in [0.3, 0.4) is 0 Å². The van der Waals surface area contributed by atoms with Crippen molar-refractivity contribution in [2.75, 3.05) is 7.05 Å². The molecule has 2 aromatic heterocycles. The minimum absolute atomic E-state index is 0.720. The summed E-state index contributed by atoms with van der Waals surface area (Å²) in [4.78, 5) is 13.5. The number of hydrogen-bond donors (Lipinski definition) is 1. The van der Waals surface area contributed by atoms with Gasteiger partial charge in [-0.1, -0.05) is 13.0 Å². The van der Waals surface area contributed by atoms with Gasteiger partial charge in [-0.15, -0.1) is 0 Å². The molecule has 0 radical (unpaired) electrons. The Kier molecular flexibility index (Phi) is 3.99. The summed E-state index contributed by atoms with van der Waals surface area (Å²) < 4.78 is 0. The Bertz CT molecular complexity index is 537. The van der Waals surface area contributed by atoms with Crippen molar-refractivity contribution in [3.05, 3.63) is 41.3 Å². The van der Waals surface area contributed by atoms with Crippen LogP contribution in [0.2, 0.25) is 0 Å². The SMILES string of the molecule is CCc1cccnc1-c1nc(C)cc(CNC)n1. The quantitative estimate of drug-likeness (QED) is 0.892. The fourth-order valence-corrected chi connectivity index (χ4v) is 1.94. The van der Waals surface area contributed by atoms with Crippen LogP contribution in [0.4, 0.5) is 0 Å². The number of nitrogens with one attached hydrogen (secondary N) is 1. The second kappa shape index (κ2) is 5.69. The van der Waals surface area contributed by atoms with E-state index < -0.39 is 0 Å². The van der Waals surface area contributed by atoms with Crippen molar-refractivity contribution in [2.24, 2.45) is 0 Å². The average Bonchev–Trinajstić information content (AvgIpc) is 2.38. The zero-order valence-electron chi connectivity index (χ0n) is 11.1. The predicted molar refractivity (Wildman–Crippen MR) is 72.1 cm³/mol. The summed E-state index contributed by atoms with van der Waals surface area (Å²) in [5.74, 6) is 0.720. The number of aromatic nitrogens is 3. The molecule has 4 nitrogen and oxygen atoms in total. The highest BCUT2D eigenvalue weighted by Gasteiger charge is 2.09. The first-order valence-corrected chi connectivity index (χ1v) is 6.18. The maximum absolute atomic E-state index is 4.57. The number of rotatable bonds is 4. The molecular formula is C14H18N4. The van der Waals surface area contributed by atoms with Gasteiger partial charge >= 0.3 is 0 Å². The Hall–Kier alpha value is -1.81. The lowest BCUT2D eigenvalue weighted by Crippen LogP contribution is -2.09. The third-order valence-corrected chi connectivity index (χ3v) is 2.75. The van der Waals surface area contributed by atoms with Gasteiger partial charge in [0.1, 0.15) is 5.69 Å². The Morgan fingerprint density at radius 3 is 2.83 bits per heavy atom. The maximum atomic E-state index is 4.57. The van der Waals surface area contributed by atoms with E-state index in [1.165, 1.54) is 5.56 Å². The van der Waals surface area contributed by atoms with Crippen LogP contribution in [-0.2, 0) is 13.0 Å². The third-order valence-electron chi connectivity index (χ3n) is 2.75. The zero-order chi connectivity index (χ0) is 13.0. The van der Waals surface area contributed by atoms with Crippen molar-refractivity contribution in [3.63, 3.8) is 0 Å². The summed E-state index contributed by atoms with van der Waals surface area (Å²) in [6.45, 7) is 4.84. The molecule has 2 aromatic rings. The standard InChI is InChI=1S/C14H18N4/c1-4-11-6-5-7-16-13(11)14-17-10(2)8-12(18-14)9-15-3/h5-8,15H,4,9H2,1-3H3. The second-order valence-electron chi connectivity index (χ2n) is 4.22. The van der Waals surface area contributed by atoms with Crippen molar-refractivity contribution in [3.8, 4) is 11.5 Å². The van der Waals surface area contributed by atoms with Gasteiger partial charge in [-0.25, -0.2) is 9.97 Å². The monoisotopic (exact) mass is 242 g/mol. The van der Waals surface area contributed by atoms with E-state index in [-0.39, 0.29) is 0 Å². The second-order valence-corrected chi connectivity index (χ2v) is 4.22. The highest BCUT2D eigenvalue weighted by atomic mass is 14.9. The average molecular weight is 242 g/mol. The maximum Gasteiger partial charge on any atom is 0.178 e. The molecule has 0 aliphatic carbocycles. The molecule has 2 rings (SSSR count). The van der Waals surface area contributed by atoms with Crippen LogP contribution in [0.1, 0.15) is 23.9 Å². The molecule has 2 heterocycles. The molecule has 0 bridgehead atoms. The molecule has 0 aliphatic heterocycles. The van der Waals surface area contributed by atoms with Crippen LogP contribution in [-0.4, -0.2) is 22.0 Å². The van der Waals surface area contributed by atoms with E-state index in [0.717, 1.165) is 35.9 Å². The number of nitrogens with zero attached hydrogens (tertiary/aromatic N) is 3. The van der Waals surface area contributed by atoms with Gasteiger partial charge < -0.3 is 5.32 Å². The summed E-state index contributed by atoms with van der Waals surface area (Å²) in [6.07, 6.45) is 2.72. The van der Waals surface area contributed by atoms with Crippen LogP contribution >= 0.6 is 0 Å². The van der Waals surface area contributed by atoms with Crippen LogP contribution in [0.25, 0.3) is 11.5 Å². The van der Waals surface area contributed by atoms with Crippen LogP contribution < -0.4 is 5.32 Å². The van der Waals surface area contributed by atoms with E-state index in [1.807, 2.05) is 26.1 Å². The molecular weight excluding hydrogens is 224 g/mol. The Morgan fingerprint density at radius 2 is 2.11 bits per heavy atom. The minimum atomic E-state index is 0.720. The summed E-state index contributed by atoms with van der Waals surface area (Å²) in [7, 11) is 1.91. The van der Waals surface area contributed by atoms with Gasteiger partial charge in [0.2, 0.25) is 0 Å². The van der Waals surface area contributed by atoms with Gasteiger partial charge in [0.25, 0.3) is 0 Å². The van der Waals surface area contributed by atoms with Crippen molar-refractivity contribution in [2.45, 2.75) is 26.8 Å². The molecule has 94 valence electrons. The summed E-state index contributed by atoms with van der Waals surface area (Å²) in [5, 5.41) is 3.11. The first kappa shape index (κ1) is 12.6.